The van der Waals surface area contributed by atoms with Crippen molar-refractivity contribution in [2.75, 3.05) is 11.5 Å². The van der Waals surface area contributed by atoms with Crippen LogP contribution in [-0.4, -0.2) is 0 Å². The van der Waals surface area contributed by atoms with E-state index in [1.165, 1.54) is 12.1 Å². The van der Waals surface area contributed by atoms with Crippen molar-refractivity contribution in [2.24, 2.45) is 0 Å². The molecule has 0 heterocycles. The van der Waals surface area contributed by atoms with E-state index in [2.05, 4.69) is 0 Å². The van der Waals surface area contributed by atoms with Crippen LogP contribution in [0.2, 0.25) is 0 Å². The van der Waals surface area contributed by atoms with Crippen molar-refractivity contribution in [3.8, 4) is 0 Å². The van der Waals surface area contributed by atoms with Crippen LogP contribution in [0.4, 0.5) is 11.4 Å². The first kappa shape index (κ1) is 7.98. The predicted molar refractivity (Wildman–Crippen MR) is 42.5 cm³/mol. The minimum absolute atomic E-state index is 0.0833. The Morgan fingerprint density at radius 1 is 1.36 bits per heavy atom. The monoisotopic (exact) mass is 170 g/mol. The fraction of sp³-hybridized carbons (Fsp3) is 0. The van der Waals surface area contributed by atoms with Gasteiger partial charge in [-0.3, -0.25) is 0 Å². The topological polar surface area (TPSA) is 92.2 Å². The van der Waals surface area contributed by atoms with E-state index in [4.69, 9.17) is 11.5 Å². The molecule has 1 unspecified atom stereocenters. The van der Waals surface area contributed by atoms with E-state index in [0.29, 0.717) is 5.69 Å². The summed E-state index contributed by atoms with van der Waals surface area (Å²) in [7, 11) is -2.64. The third-order valence-corrected chi connectivity index (χ3v) is 2.03. The van der Waals surface area contributed by atoms with Gasteiger partial charge < -0.3 is 16.4 Å². The van der Waals surface area contributed by atoms with Crippen molar-refractivity contribution >= 4 is 24.7 Å². The zero-order valence-corrected chi connectivity index (χ0v) is 6.54. The molecule has 1 atom stereocenters. The molecule has 1 aromatic carbocycles. The highest BCUT2D eigenvalue weighted by molar-refractivity contribution is 7.46. The molecule has 0 spiro atoms. The van der Waals surface area contributed by atoms with Crippen LogP contribution in [0.15, 0.2) is 18.2 Å². The van der Waals surface area contributed by atoms with Gasteiger partial charge in [0.05, 0.1) is 5.69 Å². The summed E-state index contributed by atoms with van der Waals surface area (Å²) in [6.07, 6.45) is 0. The molecule has 0 radical (unpaired) electrons. The van der Waals surface area contributed by atoms with Crippen molar-refractivity contribution in [3.63, 3.8) is 0 Å². The Morgan fingerprint density at radius 3 is 2.45 bits per heavy atom. The average Bonchev–Trinajstić information content (AvgIpc) is 1.94. The molecule has 0 aliphatic heterocycles. The summed E-state index contributed by atoms with van der Waals surface area (Å²) >= 11 is 0. The number of benzene rings is 1. The van der Waals surface area contributed by atoms with Crippen LogP contribution in [0, 0.1) is 0 Å². The van der Waals surface area contributed by atoms with Gasteiger partial charge in [0.2, 0.25) is 5.30 Å². The lowest BCUT2D eigenvalue weighted by Crippen LogP contribution is -2.10. The summed E-state index contributed by atoms with van der Waals surface area (Å²) in [6.45, 7) is 0. The molecular formula is C6H7N2O2P. The van der Waals surface area contributed by atoms with E-state index in [0.717, 1.165) is 0 Å². The first-order valence-corrected chi connectivity index (χ1v) is 4.08. The third-order valence-electron chi connectivity index (χ3n) is 1.25. The molecule has 1 aromatic rings. The number of nitrogens with two attached hydrogens (primary N) is 2. The van der Waals surface area contributed by atoms with Crippen molar-refractivity contribution < 1.29 is 9.46 Å². The molecule has 4 nitrogen and oxygen atoms in total. The summed E-state index contributed by atoms with van der Waals surface area (Å²) < 4.78 is 10.5. The Bertz CT molecular complexity index is 301. The highest BCUT2D eigenvalue weighted by atomic mass is 31.1. The Hall–Kier alpha value is -1.12. The molecule has 0 bridgehead atoms. The molecule has 0 fully saturated rings. The highest BCUT2D eigenvalue weighted by Crippen LogP contribution is 2.16. The Labute approximate surface area is 64.7 Å². The summed E-state index contributed by atoms with van der Waals surface area (Å²) in [5, 5.41) is 0.0833. The lowest BCUT2D eigenvalue weighted by molar-refractivity contribution is -0.160. The van der Waals surface area contributed by atoms with Crippen LogP contribution in [-0.2, 0) is 4.57 Å². The zero-order chi connectivity index (χ0) is 8.43. The Balaban J connectivity index is 3.23. The maximum absolute atomic E-state index is 10.5. The van der Waals surface area contributed by atoms with E-state index in [9.17, 15) is 9.46 Å². The van der Waals surface area contributed by atoms with Crippen LogP contribution in [0.3, 0.4) is 0 Å². The van der Waals surface area contributed by atoms with E-state index in [-0.39, 0.29) is 11.0 Å². The van der Waals surface area contributed by atoms with Crippen LogP contribution < -0.4 is 21.7 Å². The van der Waals surface area contributed by atoms with Gasteiger partial charge in [-0.1, -0.05) is 4.57 Å². The van der Waals surface area contributed by atoms with Gasteiger partial charge >= 0.3 is 8.03 Å². The smallest absolute Gasteiger partial charge is 0.351 e. The molecule has 0 aliphatic carbocycles. The largest absolute Gasteiger partial charge is 0.591 e. The third kappa shape index (κ3) is 1.67. The SMILES string of the molecule is Nc1ccc(N)c([P+](=O)[O-])c1. The molecule has 58 valence electrons. The Kier molecular flexibility index (Phi) is 2.08. The maximum atomic E-state index is 10.5. The average molecular weight is 170 g/mol. The molecule has 5 heteroatoms. The minimum atomic E-state index is -2.64. The number of nitrogen functional groups attached to an aromatic ring is 2. The molecule has 0 aliphatic rings. The molecular weight excluding hydrogens is 163 g/mol. The van der Waals surface area contributed by atoms with Crippen molar-refractivity contribution in [2.45, 2.75) is 0 Å². The summed E-state index contributed by atoms with van der Waals surface area (Å²) in [6, 6.07) is 4.36. The number of hydrogen-bond donors (Lipinski definition) is 2. The van der Waals surface area contributed by atoms with Crippen molar-refractivity contribution in [1.82, 2.24) is 0 Å². The predicted octanol–water partition coefficient (Wildman–Crippen LogP) is -0.421. The molecule has 0 saturated carbocycles. The van der Waals surface area contributed by atoms with Crippen LogP contribution in [0.25, 0.3) is 0 Å². The van der Waals surface area contributed by atoms with Crippen molar-refractivity contribution in [1.29, 1.82) is 0 Å². The zero-order valence-electron chi connectivity index (χ0n) is 5.65. The van der Waals surface area contributed by atoms with Gasteiger partial charge in [-0.15, -0.1) is 0 Å². The maximum Gasteiger partial charge on any atom is 0.351 e. The standard InChI is InChI=1S/C6H7N2O2P/c7-4-1-2-5(8)6(3-4)11(9)10/h1-3H,7-8H2. The second-order valence-electron chi connectivity index (χ2n) is 2.08. The summed E-state index contributed by atoms with van der Waals surface area (Å²) in [5.41, 5.74) is 11.3. The van der Waals surface area contributed by atoms with E-state index >= 15 is 0 Å². The molecule has 1 rings (SSSR count). The molecule has 11 heavy (non-hydrogen) atoms. The summed E-state index contributed by atoms with van der Waals surface area (Å²) in [5.74, 6) is 0. The fourth-order valence-electron chi connectivity index (χ4n) is 0.719. The van der Waals surface area contributed by atoms with Gasteiger partial charge in [0.15, 0.2) is 0 Å². The second kappa shape index (κ2) is 2.86. The van der Waals surface area contributed by atoms with Gasteiger partial charge in [0.1, 0.15) is 0 Å². The normalized spacial score (nSPS) is 11.2. The molecule has 0 saturated heterocycles. The van der Waals surface area contributed by atoms with Gasteiger partial charge in [-0.05, 0) is 12.1 Å². The lowest BCUT2D eigenvalue weighted by atomic mass is 10.3. The van der Waals surface area contributed by atoms with E-state index < -0.39 is 8.03 Å². The van der Waals surface area contributed by atoms with Crippen molar-refractivity contribution in [3.05, 3.63) is 18.2 Å². The first-order chi connectivity index (χ1) is 5.11. The fourth-order valence-corrected chi connectivity index (χ4v) is 1.26. The van der Waals surface area contributed by atoms with Crippen LogP contribution in [0.5, 0.6) is 0 Å². The quantitative estimate of drug-likeness (QED) is 0.442. The van der Waals surface area contributed by atoms with Gasteiger partial charge in [-0.2, -0.15) is 0 Å². The Morgan fingerprint density at radius 2 is 2.00 bits per heavy atom. The van der Waals surface area contributed by atoms with E-state index in [1.807, 2.05) is 0 Å². The van der Waals surface area contributed by atoms with E-state index in [1.54, 1.807) is 6.07 Å². The van der Waals surface area contributed by atoms with Crippen LogP contribution >= 0.6 is 8.03 Å². The number of anilines is 2. The van der Waals surface area contributed by atoms with Gasteiger partial charge in [-0.25, -0.2) is 0 Å². The summed E-state index contributed by atoms with van der Waals surface area (Å²) in [4.78, 5) is 10.5. The van der Waals surface area contributed by atoms with Gasteiger partial charge in [0.25, 0.3) is 0 Å². The molecule has 0 aromatic heterocycles. The van der Waals surface area contributed by atoms with Crippen LogP contribution in [0.1, 0.15) is 0 Å². The minimum Gasteiger partial charge on any atom is -0.591 e. The highest BCUT2D eigenvalue weighted by Gasteiger charge is 2.11. The number of hydrogen-bond acceptors (Lipinski definition) is 4. The van der Waals surface area contributed by atoms with Gasteiger partial charge in [0, 0.05) is 11.8 Å². The number of rotatable bonds is 1. The first-order valence-electron chi connectivity index (χ1n) is 2.90. The lowest BCUT2D eigenvalue weighted by Gasteiger charge is -1.96. The second-order valence-corrected chi connectivity index (χ2v) is 3.07. The molecule has 0 amide bonds. The molecule has 4 N–H and O–H groups in total.